The second kappa shape index (κ2) is 7.53. The standard InChI is InChI=1S/C17H25NO5S/c1-17(2,3)22-16(19)18-11-9-15(10-12-18)23-24(20,21)13-14-7-5-4-6-8-14/h4-8,15H,9-13H2,1-3H3. The highest BCUT2D eigenvalue weighted by atomic mass is 32.2. The molecule has 1 saturated heterocycles. The van der Waals surface area contributed by atoms with Crippen LogP contribution in [0.2, 0.25) is 0 Å². The van der Waals surface area contributed by atoms with E-state index in [1.807, 2.05) is 26.8 Å². The molecule has 2 rings (SSSR count). The summed E-state index contributed by atoms with van der Waals surface area (Å²) in [7, 11) is -3.64. The summed E-state index contributed by atoms with van der Waals surface area (Å²) in [5.41, 5.74) is 0.160. The Labute approximate surface area is 143 Å². The quantitative estimate of drug-likeness (QED) is 0.777. The molecule has 1 amide bonds. The molecule has 1 aromatic rings. The molecule has 1 aliphatic heterocycles. The van der Waals surface area contributed by atoms with Crippen molar-refractivity contribution in [2.24, 2.45) is 0 Å². The predicted molar refractivity (Wildman–Crippen MR) is 91.0 cm³/mol. The average molecular weight is 355 g/mol. The molecule has 0 unspecified atom stereocenters. The van der Waals surface area contributed by atoms with Gasteiger partial charge >= 0.3 is 6.09 Å². The van der Waals surface area contributed by atoms with E-state index in [4.69, 9.17) is 8.92 Å². The Hall–Kier alpha value is -1.60. The zero-order chi connectivity index (χ0) is 17.8. The van der Waals surface area contributed by atoms with E-state index < -0.39 is 21.8 Å². The number of carbonyl (C=O) groups excluding carboxylic acids is 1. The van der Waals surface area contributed by atoms with Crippen molar-refractivity contribution < 1.29 is 22.1 Å². The normalized spacial score (nSPS) is 16.9. The van der Waals surface area contributed by atoms with E-state index in [1.54, 1.807) is 29.2 Å². The Bertz CT molecular complexity index is 643. The van der Waals surface area contributed by atoms with Crippen LogP contribution in [0.1, 0.15) is 39.2 Å². The van der Waals surface area contributed by atoms with Gasteiger partial charge in [0, 0.05) is 13.1 Å². The van der Waals surface area contributed by atoms with E-state index >= 15 is 0 Å². The molecule has 6 nitrogen and oxygen atoms in total. The first-order valence-corrected chi connectivity index (χ1v) is 9.65. The van der Waals surface area contributed by atoms with E-state index in [-0.39, 0.29) is 11.8 Å². The zero-order valence-corrected chi connectivity index (χ0v) is 15.2. The van der Waals surface area contributed by atoms with Crippen LogP contribution >= 0.6 is 0 Å². The summed E-state index contributed by atoms with van der Waals surface area (Å²) in [6, 6.07) is 8.94. The molecule has 134 valence electrons. The van der Waals surface area contributed by atoms with Crippen molar-refractivity contribution in [2.45, 2.75) is 51.1 Å². The highest BCUT2D eigenvalue weighted by Gasteiger charge is 2.29. The third kappa shape index (κ3) is 6.13. The van der Waals surface area contributed by atoms with Crippen molar-refractivity contribution in [3.05, 3.63) is 35.9 Å². The van der Waals surface area contributed by atoms with Gasteiger partial charge in [-0.25, -0.2) is 4.79 Å². The van der Waals surface area contributed by atoms with Gasteiger partial charge < -0.3 is 9.64 Å². The van der Waals surface area contributed by atoms with Crippen molar-refractivity contribution in [1.82, 2.24) is 4.90 Å². The summed E-state index contributed by atoms with van der Waals surface area (Å²) in [5.74, 6) is -0.139. The molecule has 1 aliphatic rings. The predicted octanol–water partition coefficient (Wildman–Crippen LogP) is 2.93. The van der Waals surface area contributed by atoms with Gasteiger partial charge in [0.15, 0.2) is 0 Å². The molecular formula is C17H25NO5S. The Morgan fingerprint density at radius 1 is 1.17 bits per heavy atom. The number of carbonyl (C=O) groups is 1. The van der Waals surface area contributed by atoms with Crippen LogP contribution in [0.5, 0.6) is 0 Å². The van der Waals surface area contributed by atoms with Crippen LogP contribution in [-0.4, -0.2) is 44.2 Å². The summed E-state index contributed by atoms with van der Waals surface area (Å²) < 4.78 is 34.9. The van der Waals surface area contributed by atoms with Gasteiger partial charge in [-0.1, -0.05) is 30.3 Å². The first kappa shape index (κ1) is 18.7. The number of rotatable bonds is 4. The minimum atomic E-state index is -3.64. The third-order valence-electron chi connectivity index (χ3n) is 3.56. The smallest absolute Gasteiger partial charge is 0.410 e. The molecule has 0 radical (unpaired) electrons. The van der Waals surface area contributed by atoms with Crippen molar-refractivity contribution in [3.63, 3.8) is 0 Å². The van der Waals surface area contributed by atoms with Gasteiger partial charge in [0.25, 0.3) is 10.1 Å². The Morgan fingerprint density at radius 3 is 2.29 bits per heavy atom. The molecule has 0 atom stereocenters. The minimum absolute atomic E-state index is 0.139. The molecule has 1 aromatic carbocycles. The number of amides is 1. The Morgan fingerprint density at radius 2 is 1.75 bits per heavy atom. The van der Waals surface area contributed by atoms with Gasteiger partial charge in [-0.3, -0.25) is 4.18 Å². The molecule has 0 aromatic heterocycles. The molecular weight excluding hydrogens is 330 g/mol. The third-order valence-corrected chi connectivity index (χ3v) is 4.81. The van der Waals surface area contributed by atoms with Crippen molar-refractivity contribution in [1.29, 1.82) is 0 Å². The molecule has 0 N–H and O–H groups in total. The second-order valence-corrected chi connectivity index (χ2v) is 8.55. The maximum absolute atomic E-state index is 12.1. The molecule has 0 spiro atoms. The Kier molecular flexibility index (Phi) is 5.87. The number of hydrogen-bond acceptors (Lipinski definition) is 5. The van der Waals surface area contributed by atoms with Crippen molar-refractivity contribution >= 4 is 16.2 Å². The van der Waals surface area contributed by atoms with Crippen LogP contribution in [0.15, 0.2) is 30.3 Å². The van der Waals surface area contributed by atoms with E-state index in [1.165, 1.54) is 0 Å². The summed E-state index contributed by atoms with van der Waals surface area (Å²) >= 11 is 0. The first-order chi connectivity index (χ1) is 11.1. The maximum atomic E-state index is 12.1. The van der Waals surface area contributed by atoms with Crippen LogP contribution in [0.25, 0.3) is 0 Å². The highest BCUT2D eigenvalue weighted by molar-refractivity contribution is 7.85. The molecule has 0 saturated carbocycles. The Balaban J connectivity index is 1.83. The van der Waals surface area contributed by atoms with Gasteiger partial charge in [-0.05, 0) is 39.2 Å². The average Bonchev–Trinajstić information content (AvgIpc) is 2.46. The lowest BCUT2D eigenvalue weighted by molar-refractivity contribution is 0.0133. The summed E-state index contributed by atoms with van der Waals surface area (Å²) in [6.07, 6.45) is 0.200. The lowest BCUT2D eigenvalue weighted by atomic mass is 10.1. The van der Waals surface area contributed by atoms with Crippen LogP contribution in [-0.2, 0) is 24.8 Å². The van der Waals surface area contributed by atoms with Crippen molar-refractivity contribution in [3.8, 4) is 0 Å². The molecule has 0 bridgehead atoms. The minimum Gasteiger partial charge on any atom is -0.444 e. The number of ether oxygens (including phenoxy) is 1. The first-order valence-electron chi connectivity index (χ1n) is 8.07. The van der Waals surface area contributed by atoms with E-state index in [0.29, 0.717) is 31.5 Å². The van der Waals surface area contributed by atoms with Gasteiger partial charge in [0.1, 0.15) is 11.4 Å². The molecule has 0 aliphatic carbocycles. The van der Waals surface area contributed by atoms with Gasteiger partial charge in [-0.15, -0.1) is 0 Å². The van der Waals surface area contributed by atoms with E-state index in [2.05, 4.69) is 0 Å². The largest absolute Gasteiger partial charge is 0.444 e. The fourth-order valence-electron chi connectivity index (χ4n) is 2.48. The fourth-order valence-corrected chi connectivity index (χ4v) is 3.76. The number of benzene rings is 1. The SMILES string of the molecule is CC(C)(C)OC(=O)N1CCC(OS(=O)(=O)Cc2ccccc2)CC1. The lowest BCUT2D eigenvalue weighted by Crippen LogP contribution is -2.43. The number of nitrogens with zero attached hydrogens (tertiary/aromatic N) is 1. The topological polar surface area (TPSA) is 72.9 Å². The van der Waals surface area contributed by atoms with E-state index in [9.17, 15) is 13.2 Å². The summed E-state index contributed by atoms with van der Waals surface area (Å²) in [5, 5.41) is 0. The summed E-state index contributed by atoms with van der Waals surface area (Å²) in [4.78, 5) is 13.6. The number of hydrogen-bond donors (Lipinski definition) is 0. The monoisotopic (exact) mass is 355 g/mol. The van der Waals surface area contributed by atoms with Crippen LogP contribution in [0, 0.1) is 0 Å². The number of likely N-dealkylation sites (tertiary alicyclic amines) is 1. The van der Waals surface area contributed by atoms with Crippen LogP contribution in [0.3, 0.4) is 0 Å². The molecule has 7 heteroatoms. The van der Waals surface area contributed by atoms with Gasteiger partial charge in [-0.2, -0.15) is 8.42 Å². The van der Waals surface area contributed by atoms with Gasteiger partial charge in [0.2, 0.25) is 0 Å². The van der Waals surface area contributed by atoms with Gasteiger partial charge in [0.05, 0.1) is 6.10 Å². The zero-order valence-electron chi connectivity index (χ0n) is 14.4. The molecule has 24 heavy (non-hydrogen) atoms. The molecule has 1 heterocycles. The van der Waals surface area contributed by atoms with E-state index in [0.717, 1.165) is 0 Å². The van der Waals surface area contributed by atoms with Crippen LogP contribution < -0.4 is 0 Å². The summed E-state index contributed by atoms with van der Waals surface area (Å²) in [6.45, 7) is 6.31. The van der Waals surface area contributed by atoms with Crippen molar-refractivity contribution in [2.75, 3.05) is 13.1 Å². The maximum Gasteiger partial charge on any atom is 0.410 e. The molecule has 1 fully saturated rings. The lowest BCUT2D eigenvalue weighted by Gasteiger charge is -2.33. The van der Waals surface area contributed by atoms with Crippen LogP contribution in [0.4, 0.5) is 4.79 Å². The second-order valence-electron chi connectivity index (χ2n) is 6.95. The number of piperidine rings is 1. The fraction of sp³-hybridized carbons (Fsp3) is 0.588. The highest BCUT2D eigenvalue weighted by Crippen LogP contribution is 2.20.